The molecule has 0 aromatic carbocycles. The lowest BCUT2D eigenvalue weighted by atomic mass is 9.86. The molecule has 0 aliphatic heterocycles. The van der Waals surface area contributed by atoms with E-state index in [-0.39, 0.29) is 0 Å². The highest BCUT2D eigenvalue weighted by atomic mass is 16.3. The molecular formula is C15H31NO. The highest BCUT2D eigenvalue weighted by Crippen LogP contribution is 2.24. The maximum Gasteiger partial charge on any atom is 0.0591 e. The van der Waals surface area contributed by atoms with Crippen molar-refractivity contribution in [2.45, 2.75) is 90.3 Å². The second-order valence-electron chi connectivity index (χ2n) is 6.74. The third-order valence-electron chi connectivity index (χ3n) is 3.88. The average Bonchev–Trinajstić information content (AvgIpc) is 2.15. The Morgan fingerprint density at radius 3 is 2.65 bits per heavy atom. The Morgan fingerprint density at radius 1 is 1.35 bits per heavy atom. The van der Waals surface area contributed by atoms with Crippen molar-refractivity contribution in [3.05, 3.63) is 0 Å². The van der Waals surface area contributed by atoms with E-state index in [2.05, 4.69) is 19.2 Å². The molecule has 1 rings (SSSR count). The Labute approximate surface area is 107 Å². The van der Waals surface area contributed by atoms with E-state index in [1.54, 1.807) is 0 Å². The Hall–Kier alpha value is -0.0800. The number of aliphatic hydroxyl groups is 1. The summed E-state index contributed by atoms with van der Waals surface area (Å²) in [6, 6.07) is 1.32. The molecule has 0 bridgehead atoms. The van der Waals surface area contributed by atoms with Gasteiger partial charge in [0.15, 0.2) is 0 Å². The van der Waals surface area contributed by atoms with Crippen LogP contribution in [0.4, 0.5) is 0 Å². The Morgan fingerprint density at radius 2 is 2.06 bits per heavy atom. The van der Waals surface area contributed by atoms with Gasteiger partial charge in [-0.05, 0) is 58.8 Å². The molecule has 3 atom stereocenters. The van der Waals surface area contributed by atoms with Gasteiger partial charge in [-0.3, -0.25) is 0 Å². The van der Waals surface area contributed by atoms with Gasteiger partial charge in [-0.2, -0.15) is 0 Å². The summed E-state index contributed by atoms with van der Waals surface area (Å²) in [4.78, 5) is 0. The van der Waals surface area contributed by atoms with E-state index in [9.17, 15) is 5.11 Å². The fourth-order valence-electron chi connectivity index (χ4n) is 2.91. The van der Waals surface area contributed by atoms with Crippen LogP contribution in [-0.4, -0.2) is 22.8 Å². The topological polar surface area (TPSA) is 32.3 Å². The van der Waals surface area contributed by atoms with Crippen molar-refractivity contribution >= 4 is 0 Å². The van der Waals surface area contributed by atoms with Crippen LogP contribution in [0.5, 0.6) is 0 Å². The van der Waals surface area contributed by atoms with E-state index in [1.165, 1.54) is 32.1 Å². The van der Waals surface area contributed by atoms with Crippen LogP contribution in [0.1, 0.15) is 72.6 Å². The summed E-state index contributed by atoms with van der Waals surface area (Å²) in [5, 5.41) is 13.4. The van der Waals surface area contributed by atoms with Crippen LogP contribution in [0.3, 0.4) is 0 Å². The van der Waals surface area contributed by atoms with Crippen molar-refractivity contribution in [2.24, 2.45) is 5.92 Å². The van der Waals surface area contributed by atoms with Gasteiger partial charge in [-0.1, -0.05) is 19.8 Å². The quantitative estimate of drug-likeness (QED) is 0.746. The predicted molar refractivity (Wildman–Crippen MR) is 74.2 cm³/mol. The average molecular weight is 241 g/mol. The second kappa shape index (κ2) is 6.75. The summed E-state index contributed by atoms with van der Waals surface area (Å²) >= 11 is 0. The van der Waals surface area contributed by atoms with Gasteiger partial charge in [0.2, 0.25) is 0 Å². The van der Waals surface area contributed by atoms with Crippen molar-refractivity contribution in [2.75, 3.05) is 0 Å². The highest BCUT2D eigenvalue weighted by molar-refractivity contribution is 4.78. The first kappa shape index (κ1) is 15.0. The molecular weight excluding hydrogens is 210 g/mol. The molecule has 102 valence electrons. The summed E-state index contributed by atoms with van der Waals surface area (Å²) in [5.74, 6) is 0.893. The summed E-state index contributed by atoms with van der Waals surface area (Å²) in [5.41, 5.74) is -0.501. The minimum atomic E-state index is -0.501. The minimum absolute atomic E-state index is 0.501. The molecule has 2 N–H and O–H groups in total. The van der Waals surface area contributed by atoms with Crippen LogP contribution in [0.2, 0.25) is 0 Å². The molecule has 0 saturated heterocycles. The molecule has 0 unspecified atom stereocenters. The summed E-state index contributed by atoms with van der Waals surface area (Å²) in [7, 11) is 0. The van der Waals surface area contributed by atoms with Crippen LogP contribution < -0.4 is 5.32 Å². The summed E-state index contributed by atoms with van der Waals surface area (Å²) < 4.78 is 0. The van der Waals surface area contributed by atoms with Crippen molar-refractivity contribution < 1.29 is 5.11 Å². The van der Waals surface area contributed by atoms with Gasteiger partial charge in [-0.25, -0.2) is 0 Å². The van der Waals surface area contributed by atoms with Gasteiger partial charge in [-0.15, -0.1) is 0 Å². The predicted octanol–water partition coefficient (Wildman–Crippen LogP) is 3.48. The molecule has 1 fully saturated rings. The maximum absolute atomic E-state index is 9.67. The monoisotopic (exact) mass is 241 g/mol. The second-order valence-corrected chi connectivity index (χ2v) is 6.74. The standard InChI is InChI=1S/C15H31NO/c1-12-7-5-9-14(11-12)16-13(2)8-6-10-15(3,4)17/h12-14,16-17H,5-11H2,1-4H3/t12-,13+,14+/m1/s1. The number of hydrogen-bond donors (Lipinski definition) is 2. The summed E-state index contributed by atoms with van der Waals surface area (Å²) in [6.45, 7) is 8.44. The first-order chi connectivity index (χ1) is 7.87. The molecule has 2 heteroatoms. The van der Waals surface area contributed by atoms with Gasteiger partial charge < -0.3 is 10.4 Å². The highest BCUT2D eigenvalue weighted by Gasteiger charge is 2.20. The van der Waals surface area contributed by atoms with E-state index in [0.717, 1.165) is 24.8 Å². The molecule has 0 amide bonds. The lowest BCUT2D eigenvalue weighted by Crippen LogP contribution is -2.39. The van der Waals surface area contributed by atoms with Gasteiger partial charge in [0.05, 0.1) is 5.60 Å². The van der Waals surface area contributed by atoms with Crippen molar-refractivity contribution in [1.82, 2.24) is 5.32 Å². The fourth-order valence-corrected chi connectivity index (χ4v) is 2.91. The molecule has 0 aromatic rings. The molecule has 0 aromatic heterocycles. The molecule has 1 saturated carbocycles. The van der Waals surface area contributed by atoms with Gasteiger partial charge in [0.25, 0.3) is 0 Å². The molecule has 2 nitrogen and oxygen atoms in total. The zero-order chi connectivity index (χ0) is 12.9. The van der Waals surface area contributed by atoms with Crippen LogP contribution in [0.15, 0.2) is 0 Å². The van der Waals surface area contributed by atoms with E-state index >= 15 is 0 Å². The fraction of sp³-hybridized carbons (Fsp3) is 1.00. The van der Waals surface area contributed by atoms with E-state index in [4.69, 9.17) is 0 Å². The molecule has 0 radical (unpaired) electrons. The normalized spacial score (nSPS) is 28.1. The smallest absolute Gasteiger partial charge is 0.0591 e. The lowest BCUT2D eigenvalue weighted by molar-refractivity contribution is 0.0673. The van der Waals surface area contributed by atoms with Gasteiger partial charge in [0.1, 0.15) is 0 Å². The number of hydrogen-bond acceptors (Lipinski definition) is 2. The molecule has 0 heterocycles. The Balaban J connectivity index is 2.13. The minimum Gasteiger partial charge on any atom is -0.390 e. The Bertz CT molecular complexity index is 209. The van der Waals surface area contributed by atoms with Crippen LogP contribution in [0, 0.1) is 5.92 Å². The van der Waals surface area contributed by atoms with Crippen LogP contribution >= 0.6 is 0 Å². The SMILES string of the molecule is C[C@@H]1CCC[C@H](N[C@@H](C)CCCC(C)(C)O)C1. The lowest BCUT2D eigenvalue weighted by Gasteiger charge is -2.30. The largest absolute Gasteiger partial charge is 0.390 e. The molecule has 1 aliphatic carbocycles. The van der Waals surface area contributed by atoms with Crippen LogP contribution in [0.25, 0.3) is 0 Å². The zero-order valence-corrected chi connectivity index (χ0v) is 12.1. The third kappa shape index (κ3) is 7.05. The van der Waals surface area contributed by atoms with Crippen molar-refractivity contribution in [3.63, 3.8) is 0 Å². The summed E-state index contributed by atoms with van der Waals surface area (Å²) in [6.07, 6.45) is 8.67. The molecule has 1 aliphatic rings. The van der Waals surface area contributed by atoms with Crippen LogP contribution in [-0.2, 0) is 0 Å². The first-order valence-electron chi connectivity index (χ1n) is 7.35. The number of nitrogens with one attached hydrogen (secondary N) is 1. The number of rotatable bonds is 6. The van der Waals surface area contributed by atoms with Crippen molar-refractivity contribution in [3.8, 4) is 0 Å². The maximum atomic E-state index is 9.67. The first-order valence-corrected chi connectivity index (χ1v) is 7.35. The third-order valence-corrected chi connectivity index (χ3v) is 3.88. The molecule has 17 heavy (non-hydrogen) atoms. The van der Waals surface area contributed by atoms with E-state index in [0.29, 0.717) is 6.04 Å². The van der Waals surface area contributed by atoms with Gasteiger partial charge >= 0.3 is 0 Å². The van der Waals surface area contributed by atoms with E-state index in [1.807, 2.05) is 13.8 Å². The van der Waals surface area contributed by atoms with Crippen molar-refractivity contribution in [1.29, 1.82) is 0 Å². The zero-order valence-electron chi connectivity index (χ0n) is 12.1. The Kier molecular flexibility index (Phi) is 5.94. The van der Waals surface area contributed by atoms with E-state index < -0.39 is 5.60 Å². The molecule has 0 spiro atoms. The van der Waals surface area contributed by atoms with Gasteiger partial charge in [0, 0.05) is 12.1 Å².